The van der Waals surface area contributed by atoms with Crippen LogP contribution in [0, 0.1) is 5.92 Å². The van der Waals surface area contributed by atoms with E-state index >= 15 is 0 Å². The van der Waals surface area contributed by atoms with Crippen molar-refractivity contribution in [1.82, 2.24) is 0 Å². The molecule has 20 heavy (non-hydrogen) atoms. The van der Waals surface area contributed by atoms with Gasteiger partial charge in [-0.25, -0.2) is 18.4 Å². The van der Waals surface area contributed by atoms with E-state index in [4.69, 9.17) is 9.88 Å². The van der Waals surface area contributed by atoms with Crippen LogP contribution in [0.15, 0.2) is 27.6 Å². The van der Waals surface area contributed by atoms with Crippen LogP contribution in [0.5, 0.6) is 0 Å². The SMILES string of the molecule is NS(=O)(=O)c1ccc(Br)c(C(=O)OCC2CCCC2)c1. The lowest BCUT2D eigenvalue weighted by molar-refractivity contribution is 0.0441. The number of carbonyl (C=O) groups is 1. The van der Waals surface area contributed by atoms with Crippen molar-refractivity contribution in [2.24, 2.45) is 11.1 Å². The second kappa shape index (κ2) is 6.24. The molecule has 1 fully saturated rings. The number of hydrogen-bond acceptors (Lipinski definition) is 4. The lowest BCUT2D eigenvalue weighted by Gasteiger charge is -2.11. The molecular weight excluding hydrogens is 346 g/mol. The van der Waals surface area contributed by atoms with Gasteiger partial charge in [-0.1, -0.05) is 12.8 Å². The van der Waals surface area contributed by atoms with Gasteiger partial charge in [-0.3, -0.25) is 0 Å². The smallest absolute Gasteiger partial charge is 0.339 e. The van der Waals surface area contributed by atoms with E-state index in [2.05, 4.69) is 15.9 Å². The summed E-state index contributed by atoms with van der Waals surface area (Å²) in [6, 6.07) is 4.05. The van der Waals surface area contributed by atoms with Crippen molar-refractivity contribution in [2.45, 2.75) is 30.6 Å². The molecule has 0 aliphatic heterocycles. The predicted molar refractivity (Wildman–Crippen MR) is 77.8 cm³/mol. The lowest BCUT2D eigenvalue weighted by atomic mass is 10.1. The maximum Gasteiger partial charge on any atom is 0.339 e. The molecule has 1 aromatic carbocycles. The Hall–Kier alpha value is -0.920. The monoisotopic (exact) mass is 361 g/mol. The second-order valence-electron chi connectivity index (χ2n) is 4.94. The van der Waals surface area contributed by atoms with Crippen LogP contribution in [0.2, 0.25) is 0 Å². The van der Waals surface area contributed by atoms with Crippen LogP contribution in [0.25, 0.3) is 0 Å². The molecule has 0 unspecified atom stereocenters. The number of rotatable bonds is 4. The maximum absolute atomic E-state index is 12.0. The Balaban J connectivity index is 2.12. The summed E-state index contributed by atoms with van der Waals surface area (Å²) in [7, 11) is -3.83. The average molecular weight is 362 g/mol. The molecule has 5 nitrogen and oxygen atoms in total. The molecule has 0 atom stereocenters. The number of halogens is 1. The molecule has 1 aliphatic carbocycles. The van der Waals surface area contributed by atoms with Crippen molar-refractivity contribution < 1.29 is 17.9 Å². The minimum atomic E-state index is -3.83. The Morgan fingerprint density at radius 1 is 1.35 bits per heavy atom. The van der Waals surface area contributed by atoms with E-state index in [0.29, 0.717) is 17.0 Å². The molecule has 1 aliphatic rings. The summed E-state index contributed by atoms with van der Waals surface area (Å²) >= 11 is 3.21. The molecule has 0 heterocycles. The summed E-state index contributed by atoms with van der Waals surface area (Å²) in [4.78, 5) is 11.9. The third-order valence-electron chi connectivity index (χ3n) is 3.41. The predicted octanol–water partition coefficient (Wildman–Crippen LogP) is 2.44. The van der Waals surface area contributed by atoms with Gasteiger partial charge in [-0.05, 0) is 52.9 Å². The molecule has 0 aromatic heterocycles. The van der Waals surface area contributed by atoms with Crippen molar-refractivity contribution in [3.63, 3.8) is 0 Å². The highest BCUT2D eigenvalue weighted by atomic mass is 79.9. The maximum atomic E-state index is 12.0. The molecule has 0 bridgehead atoms. The average Bonchev–Trinajstić information content (AvgIpc) is 2.88. The fourth-order valence-electron chi connectivity index (χ4n) is 2.29. The van der Waals surface area contributed by atoms with Gasteiger partial charge in [0.2, 0.25) is 10.0 Å². The van der Waals surface area contributed by atoms with E-state index in [1.54, 1.807) is 0 Å². The van der Waals surface area contributed by atoms with Crippen molar-refractivity contribution in [3.05, 3.63) is 28.2 Å². The highest BCUT2D eigenvalue weighted by Gasteiger charge is 2.20. The number of carbonyl (C=O) groups excluding carboxylic acids is 1. The zero-order valence-corrected chi connectivity index (χ0v) is 13.2. The molecule has 2 rings (SSSR count). The zero-order valence-electron chi connectivity index (χ0n) is 10.8. The van der Waals surface area contributed by atoms with Gasteiger partial charge in [0.05, 0.1) is 17.1 Å². The van der Waals surface area contributed by atoms with Crippen molar-refractivity contribution in [2.75, 3.05) is 6.61 Å². The third kappa shape index (κ3) is 3.80. The minimum Gasteiger partial charge on any atom is -0.462 e. The quantitative estimate of drug-likeness (QED) is 0.834. The van der Waals surface area contributed by atoms with Crippen LogP contribution < -0.4 is 5.14 Å². The van der Waals surface area contributed by atoms with E-state index < -0.39 is 16.0 Å². The van der Waals surface area contributed by atoms with E-state index in [0.717, 1.165) is 12.8 Å². The third-order valence-corrected chi connectivity index (χ3v) is 5.01. The standard InChI is InChI=1S/C13H16BrNO4S/c14-12-6-5-10(20(15,17)18)7-11(12)13(16)19-8-9-3-1-2-4-9/h5-7,9H,1-4,8H2,(H2,15,17,18). The number of nitrogens with two attached hydrogens (primary N) is 1. The van der Waals surface area contributed by atoms with Crippen LogP contribution in [0.3, 0.4) is 0 Å². The fraction of sp³-hybridized carbons (Fsp3) is 0.462. The highest BCUT2D eigenvalue weighted by molar-refractivity contribution is 9.10. The van der Waals surface area contributed by atoms with Crippen LogP contribution >= 0.6 is 15.9 Å². The number of hydrogen-bond donors (Lipinski definition) is 1. The van der Waals surface area contributed by atoms with Crippen LogP contribution in [0.1, 0.15) is 36.0 Å². The number of esters is 1. The highest BCUT2D eigenvalue weighted by Crippen LogP contribution is 2.26. The number of sulfonamides is 1. The Morgan fingerprint density at radius 2 is 2.00 bits per heavy atom. The van der Waals surface area contributed by atoms with Gasteiger partial charge in [-0.2, -0.15) is 0 Å². The minimum absolute atomic E-state index is 0.103. The van der Waals surface area contributed by atoms with Gasteiger partial charge >= 0.3 is 5.97 Å². The van der Waals surface area contributed by atoms with Crippen LogP contribution in [0.4, 0.5) is 0 Å². The van der Waals surface area contributed by atoms with Gasteiger partial charge < -0.3 is 4.74 Å². The first-order chi connectivity index (χ1) is 9.38. The van der Waals surface area contributed by atoms with Gasteiger partial charge in [-0.15, -0.1) is 0 Å². The van der Waals surface area contributed by atoms with Gasteiger partial charge in [0.15, 0.2) is 0 Å². The molecule has 1 saturated carbocycles. The van der Waals surface area contributed by atoms with E-state index in [1.807, 2.05) is 0 Å². The molecule has 0 spiro atoms. The molecule has 0 saturated heterocycles. The van der Waals surface area contributed by atoms with Crippen molar-refractivity contribution in [3.8, 4) is 0 Å². The summed E-state index contributed by atoms with van der Waals surface area (Å²) in [6.45, 7) is 0.380. The Labute approximate surface area is 126 Å². The topological polar surface area (TPSA) is 86.5 Å². The molecule has 110 valence electrons. The Morgan fingerprint density at radius 3 is 2.60 bits per heavy atom. The normalized spacial score (nSPS) is 16.3. The van der Waals surface area contributed by atoms with Crippen LogP contribution in [-0.2, 0) is 14.8 Å². The van der Waals surface area contributed by atoms with Gasteiger partial charge in [0.25, 0.3) is 0 Å². The van der Waals surface area contributed by atoms with Crippen molar-refractivity contribution >= 4 is 31.9 Å². The van der Waals surface area contributed by atoms with Crippen molar-refractivity contribution in [1.29, 1.82) is 0 Å². The number of primary sulfonamides is 1. The summed E-state index contributed by atoms with van der Waals surface area (Å²) in [5.41, 5.74) is 0.175. The lowest BCUT2D eigenvalue weighted by Crippen LogP contribution is -2.15. The van der Waals surface area contributed by atoms with Gasteiger partial charge in [0, 0.05) is 4.47 Å². The molecule has 0 radical (unpaired) electrons. The second-order valence-corrected chi connectivity index (χ2v) is 7.35. The molecule has 0 amide bonds. The van der Waals surface area contributed by atoms with E-state index in [1.165, 1.54) is 31.0 Å². The zero-order chi connectivity index (χ0) is 14.8. The largest absolute Gasteiger partial charge is 0.462 e. The first kappa shape index (κ1) is 15.5. The fourth-order valence-corrected chi connectivity index (χ4v) is 3.23. The van der Waals surface area contributed by atoms with Crippen LogP contribution in [-0.4, -0.2) is 21.0 Å². The molecule has 1 aromatic rings. The van der Waals surface area contributed by atoms with E-state index in [-0.39, 0.29) is 10.5 Å². The summed E-state index contributed by atoms with van der Waals surface area (Å²) in [5.74, 6) is -0.117. The Bertz CT molecular complexity index is 609. The molecular formula is C13H16BrNO4S. The van der Waals surface area contributed by atoms with E-state index in [9.17, 15) is 13.2 Å². The first-order valence-corrected chi connectivity index (χ1v) is 8.71. The summed E-state index contributed by atoms with van der Waals surface area (Å²) in [6.07, 6.45) is 4.50. The summed E-state index contributed by atoms with van der Waals surface area (Å²) < 4.78 is 28.3. The number of ether oxygens (including phenoxy) is 1. The molecule has 7 heteroatoms. The molecule has 2 N–H and O–H groups in total. The Kier molecular flexibility index (Phi) is 4.82. The number of benzene rings is 1. The van der Waals surface area contributed by atoms with Gasteiger partial charge in [0.1, 0.15) is 0 Å². The summed E-state index contributed by atoms with van der Waals surface area (Å²) in [5, 5.41) is 5.05. The first-order valence-electron chi connectivity index (χ1n) is 6.37.